The lowest BCUT2D eigenvalue weighted by Gasteiger charge is -2.24. The minimum absolute atomic E-state index is 0.0939. The highest BCUT2D eigenvalue weighted by Gasteiger charge is 2.33. The van der Waals surface area contributed by atoms with Gasteiger partial charge < -0.3 is 10.0 Å². The number of carbonyl (C=O) groups is 2. The maximum absolute atomic E-state index is 12.5. The van der Waals surface area contributed by atoms with Crippen molar-refractivity contribution in [1.82, 2.24) is 4.90 Å². The number of hydrogen-bond acceptors (Lipinski definition) is 2. The third-order valence-corrected chi connectivity index (χ3v) is 4.87. The van der Waals surface area contributed by atoms with E-state index in [9.17, 15) is 9.59 Å². The number of nitrogens with zero attached hydrogens (tertiary/aromatic N) is 1. The van der Waals surface area contributed by atoms with E-state index >= 15 is 0 Å². The van der Waals surface area contributed by atoms with Crippen molar-refractivity contribution in [1.29, 1.82) is 0 Å². The van der Waals surface area contributed by atoms with Crippen LogP contribution in [0.15, 0.2) is 42.5 Å². The van der Waals surface area contributed by atoms with Crippen LogP contribution in [0.25, 0.3) is 10.8 Å². The van der Waals surface area contributed by atoms with Gasteiger partial charge in [-0.2, -0.15) is 0 Å². The molecule has 1 unspecified atom stereocenters. The van der Waals surface area contributed by atoms with E-state index in [0.29, 0.717) is 13.0 Å². The Morgan fingerprint density at radius 1 is 1.16 bits per heavy atom. The van der Waals surface area contributed by atoms with E-state index in [1.54, 1.807) is 11.8 Å². The molecule has 25 heavy (non-hydrogen) atoms. The Kier molecular flexibility index (Phi) is 5.37. The second-order valence-corrected chi connectivity index (χ2v) is 7.05. The van der Waals surface area contributed by atoms with Crippen molar-refractivity contribution in [2.75, 3.05) is 6.54 Å². The molecule has 2 aromatic rings. The minimum atomic E-state index is -0.838. The molecule has 2 aromatic carbocycles. The van der Waals surface area contributed by atoms with Crippen molar-refractivity contribution >= 4 is 22.6 Å². The van der Waals surface area contributed by atoms with Crippen molar-refractivity contribution in [2.24, 2.45) is 5.92 Å². The highest BCUT2D eigenvalue weighted by Crippen LogP contribution is 2.28. The lowest BCUT2D eigenvalue weighted by atomic mass is 10.0. The summed E-state index contributed by atoms with van der Waals surface area (Å²) >= 11 is 0. The second-order valence-electron chi connectivity index (χ2n) is 7.05. The smallest absolute Gasteiger partial charge is 0.308 e. The Morgan fingerprint density at radius 3 is 2.56 bits per heavy atom. The Bertz CT molecular complexity index is 767. The molecule has 0 aliphatic heterocycles. The molecule has 1 amide bonds. The number of amides is 1. The molecule has 1 atom stereocenters. The van der Waals surface area contributed by atoms with Crippen molar-refractivity contribution in [2.45, 2.75) is 45.1 Å². The van der Waals surface area contributed by atoms with Gasteiger partial charge in [0.15, 0.2) is 0 Å². The number of fused-ring (bicyclic) bond motifs is 1. The number of hydrogen-bond donors (Lipinski definition) is 1. The van der Waals surface area contributed by atoms with Crippen molar-refractivity contribution in [3.05, 3.63) is 48.0 Å². The molecule has 3 rings (SSSR count). The Balaban J connectivity index is 1.54. The lowest BCUT2D eigenvalue weighted by Crippen LogP contribution is -2.38. The summed E-state index contributed by atoms with van der Waals surface area (Å²) in [5.41, 5.74) is 1.24. The van der Waals surface area contributed by atoms with Crippen LogP contribution in [-0.4, -0.2) is 34.5 Å². The highest BCUT2D eigenvalue weighted by molar-refractivity contribution is 5.83. The molecule has 4 heteroatoms. The third kappa shape index (κ3) is 4.59. The van der Waals surface area contributed by atoms with Gasteiger partial charge >= 0.3 is 5.97 Å². The number of carbonyl (C=O) groups excluding carboxylic acids is 1. The van der Waals surface area contributed by atoms with Crippen LogP contribution in [0.4, 0.5) is 0 Å². The van der Waals surface area contributed by atoms with Gasteiger partial charge in [-0.3, -0.25) is 9.59 Å². The first kappa shape index (κ1) is 17.5. The summed E-state index contributed by atoms with van der Waals surface area (Å²) in [6.07, 6.45) is 4.15. The topological polar surface area (TPSA) is 57.6 Å². The third-order valence-electron chi connectivity index (χ3n) is 4.87. The Hall–Kier alpha value is -2.36. The maximum Gasteiger partial charge on any atom is 0.308 e. The van der Waals surface area contributed by atoms with Gasteiger partial charge in [0.1, 0.15) is 0 Å². The average Bonchev–Trinajstić information content (AvgIpc) is 3.44. The molecule has 0 spiro atoms. The van der Waals surface area contributed by atoms with Gasteiger partial charge in [-0.05, 0) is 42.0 Å². The molecule has 132 valence electrons. The van der Waals surface area contributed by atoms with E-state index in [2.05, 4.69) is 30.3 Å². The molecule has 1 saturated carbocycles. The van der Waals surface area contributed by atoms with Crippen molar-refractivity contribution in [3.8, 4) is 0 Å². The molecule has 0 bridgehead atoms. The molecule has 0 saturated heterocycles. The predicted octanol–water partition coefficient (Wildman–Crippen LogP) is 3.87. The summed E-state index contributed by atoms with van der Waals surface area (Å²) < 4.78 is 0. The molecule has 0 heterocycles. The number of rotatable bonds is 8. The van der Waals surface area contributed by atoms with E-state index in [1.165, 1.54) is 16.3 Å². The Morgan fingerprint density at radius 2 is 1.88 bits per heavy atom. The van der Waals surface area contributed by atoms with E-state index in [-0.39, 0.29) is 11.9 Å². The summed E-state index contributed by atoms with van der Waals surface area (Å²) in [6, 6.07) is 15.0. The zero-order valence-electron chi connectivity index (χ0n) is 14.6. The maximum atomic E-state index is 12.5. The second kappa shape index (κ2) is 7.68. The lowest BCUT2D eigenvalue weighted by molar-refractivity contribution is -0.143. The first-order chi connectivity index (χ1) is 12.0. The van der Waals surface area contributed by atoms with Crippen LogP contribution < -0.4 is 0 Å². The fraction of sp³-hybridized carbons (Fsp3) is 0.429. The number of carboxylic acid groups (broad SMARTS) is 1. The largest absolute Gasteiger partial charge is 0.481 e. The van der Waals surface area contributed by atoms with Crippen molar-refractivity contribution < 1.29 is 14.7 Å². The number of benzene rings is 2. The summed E-state index contributed by atoms with van der Waals surface area (Å²) in [5.74, 6) is -1.25. The van der Waals surface area contributed by atoms with Gasteiger partial charge in [0.25, 0.3) is 0 Å². The van der Waals surface area contributed by atoms with E-state index in [1.807, 2.05) is 12.1 Å². The van der Waals surface area contributed by atoms with E-state index in [4.69, 9.17) is 5.11 Å². The molecule has 1 aliphatic carbocycles. The number of aryl methyl sites for hydroxylation is 1. The molecule has 1 aliphatic rings. The number of aliphatic carboxylic acids is 1. The number of carboxylic acids is 1. The zero-order valence-corrected chi connectivity index (χ0v) is 14.6. The minimum Gasteiger partial charge on any atom is -0.481 e. The van der Waals surface area contributed by atoms with Crippen LogP contribution in [0.3, 0.4) is 0 Å². The van der Waals surface area contributed by atoms with Gasteiger partial charge in [0.05, 0.1) is 5.92 Å². The van der Waals surface area contributed by atoms with Crippen molar-refractivity contribution in [3.63, 3.8) is 0 Å². The SMILES string of the molecule is CC(CN(C(=O)CCCc1ccc2ccccc2c1)C1CC1)C(=O)O. The molecule has 4 nitrogen and oxygen atoms in total. The summed E-state index contributed by atoms with van der Waals surface area (Å²) in [7, 11) is 0. The van der Waals surface area contributed by atoms with Crippen LogP contribution in [0.2, 0.25) is 0 Å². The fourth-order valence-corrected chi connectivity index (χ4v) is 3.20. The highest BCUT2D eigenvalue weighted by atomic mass is 16.4. The first-order valence-electron chi connectivity index (χ1n) is 9.04. The van der Waals surface area contributed by atoms with E-state index < -0.39 is 11.9 Å². The van der Waals surface area contributed by atoms with Crippen LogP contribution in [0.1, 0.15) is 38.2 Å². The van der Waals surface area contributed by atoms with Gasteiger partial charge in [-0.25, -0.2) is 0 Å². The monoisotopic (exact) mass is 339 g/mol. The quantitative estimate of drug-likeness (QED) is 0.794. The summed E-state index contributed by atoms with van der Waals surface area (Å²) in [6.45, 7) is 1.99. The van der Waals surface area contributed by atoms with Gasteiger partial charge in [0, 0.05) is 19.0 Å². The van der Waals surface area contributed by atoms with E-state index in [0.717, 1.165) is 25.7 Å². The van der Waals surface area contributed by atoms with Gasteiger partial charge in [-0.15, -0.1) is 0 Å². The standard InChI is InChI=1S/C21H25NO3/c1-15(21(24)25)14-22(19-11-12-19)20(23)8-4-5-16-9-10-17-6-2-3-7-18(17)13-16/h2-3,6-7,9-10,13,15,19H,4-5,8,11-12,14H2,1H3,(H,24,25). The molecule has 1 N–H and O–H groups in total. The van der Waals surface area contributed by atoms with Crippen LogP contribution >= 0.6 is 0 Å². The molecule has 0 aromatic heterocycles. The van der Waals surface area contributed by atoms with Crippen LogP contribution in [-0.2, 0) is 16.0 Å². The van der Waals surface area contributed by atoms with Gasteiger partial charge in [0.2, 0.25) is 5.91 Å². The van der Waals surface area contributed by atoms with Crippen LogP contribution in [0, 0.1) is 5.92 Å². The summed E-state index contributed by atoms with van der Waals surface area (Å²) in [5, 5.41) is 11.5. The molecular formula is C21H25NO3. The van der Waals surface area contributed by atoms with Gasteiger partial charge in [-0.1, -0.05) is 49.4 Å². The Labute approximate surface area is 148 Å². The average molecular weight is 339 g/mol. The molecular weight excluding hydrogens is 314 g/mol. The zero-order chi connectivity index (χ0) is 17.8. The summed E-state index contributed by atoms with van der Waals surface area (Å²) in [4.78, 5) is 25.4. The predicted molar refractivity (Wildman–Crippen MR) is 98.4 cm³/mol. The normalized spacial score (nSPS) is 15.1. The first-order valence-corrected chi connectivity index (χ1v) is 9.04. The fourth-order valence-electron chi connectivity index (χ4n) is 3.20. The van der Waals surface area contributed by atoms with Crippen LogP contribution in [0.5, 0.6) is 0 Å². The molecule has 0 radical (unpaired) electrons. The molecule has 1 fully saturated rings.